The molecular formula is C13H17BrCl2N2O2S. The Morgan fingerprint density at radius 1 is 1.38 bits per heavy atom. The van der Waals surface area contributed by atoms with Crippen molar-refractivity contribution in [1.82, 2.24) is 9.62 Å². The van der Waals surface area contributed by atoms with Gasteiger partial charge >= 0.3 is 0 Å². The predicted octanol–water partition coefficient (Wildman–Crippen LogP) is 3.38. The Hall–Kier alpha value is 0.150. The van der Waals surface area contributed by atoms with E-state index < -0.39 is 10.0 Å². The summed E-state index contributed by atoms with van der Waals surface area (Å²) in [5.74, 6) is 0.327. The van der Waals surface area contributed by atoms with Gasteiger partial charge in [0.1, 0.15) is 4.90 Å². The van der Waals surface area contributed by atoms with Gasteiger partial charge in [-0.25, -0.2) is 13.1 Å². The summed E-state index contributed by atoms with van der Waals surface area (Å²) >= 11 is 15.3. The topological polar surface area (TPSA) is 49.4 Å². The summed E-state index contributed by atoms with van der Waals surface area (Å²) in [5, 5.41) is 0.229. The number of nitrogens with one attached hydrogen (secondary N) is 1. The maximum atomic E-state index is 12.4. The summed E-state index contributed by atoms with van der Waals surface area (Å²) in [6.45, 7) is 5.44. The molecule has 1 atom stereocenters. The molecule has 1 heterocycles. The van der Waals surface area contributed by atoms with Crippen molar-refractivity contribution in [2.75, 3.05) is 26.2 Å². The van der Waals surface area contributed by atoms with Crippen LogP contribution >= 0.6 is 39.1 Å². The molecule has 0 bridgehead atoms. The van der Waals surface area contributed by atoms with Gasteiger partial charge in [0.2, 0.25) is 10.0 Å². The van der Waals surface area contributed by atoms with Gasteiger partial charge in [0, 0.05) is 17.6 Å². The number of sulfonamides is 1. The van der Waals surface area contributed by atoms with E-state index in [0.717, 1.165) is 26.1 Å². The summed E-state index contributed by atoms with van der Waals surface area (Å²) in [6.07, 6.45) is 0.998. The maximum Gasteiger partial charge on any atom is 0.243 e. The fraction of sp³-hybridized carbons (Fsp3) is 0.538. The first-order chi connectivity index (χ1) is 9.83. The lowest BCUT2D eigenvalue weighted by Crippen LogP contribution is -2.31. The molecule has 8 heteroatoms. The number of hydrogen-bond acceptors (Lipinski definition) is 3. The molecule has 1 N–H and O–H groups in total. The molecule has 0 aromatic heterocycles. The lowest BCUT2D eigenvalue weighted by molar-refractivity contribution is 0.342. The zero-order valence-corrected chi connectivity index (χ0v) is 15.5. The molecule has 1 aromatic rings. The fourth-order valence-corrected chi connectivity index (χ4v) is 5.50. The Kier molecular flexibility index (Phi) is 5.96. The van der Waals surface area contributed by atoms with Crippen LogP contribution in [0.3, 0.4) is 0 Å². The van der Waals surface area contributed by atoms with Crippen molar-refractivity contribution in [2.45, 2.75) is 18.2 Å². The quantitative estimate of drug-likeness (QED) is 0.801. The second-order valence-electron chi connectivity index (χ2n) is 5.10. The summed E-state index contributed by atoms with van der Waals surface area (Å²) in [6, 6.07) is 3.05. The van der Waals surface area contributed by atoms with Crippen molar-refractivity contribution >= 4 is 49.2 Å². The van der Waals surface area contributed by atoms with E-state index >= 15 is 0 Å². The highest BCUT2D eigenvalue weighted by molar-refractivity contribution is 9.10. The van der Waals surface area contributed by atoms with E-state index in [-0.39, 0.29) is 14.9 Å². The van der Waals surface area contributed by atoms with Gasteiger partial charge in [0.05, 0.1) is 10.0 Å². The first kappa shape index (κ1) is 17.5. The first-order valence-corrected chi connectivity index (χ1v) is 9.73. The standard InChI is InChI=1S/C13H17BrCl2N2O2S/c1-2-18-4-3-9(8-18)7-17-21(19,20)13-11(15)5-10(14)6-12(13)16/h5-6,9,17H,2-4,7-8H2,1H3. The van der Waals surface area contributed by atoms with Gasteiger partial charge in [-0.15, -0.1) is 0 Å². The number of rotatable bonds is 5. The molecule has 1 aliphatic heterocycles. The van der Waals surface area contributed by atoms with Crippen LogP contribution in [0.5, 0.6) is 0 Å². The van der Waals surface area contributed by atoms with Gasteiger partial charge in [0.25, 0.3) is 0 Å². The second-order valence-corrected chi connectivity index (χ2v) is 8.53. The molecule has 0 aliphatic carbocycles. The Balaban J connectivity index is 2.09. The van der Waals surface area contributed by atoms with E-state index in [1.807, 2.05) is 0 Å². The molecule has 2 rings (SSSR count). The number of likely N-dealkylation sites (tertiary alicyclic amines) is 1. The Morgan fingerprint density at radius 2 is 2.00 bits per heavy atom. The normalized spacial score (nSPS) is 20.1. The van der Waals surface area contributed by atoms with Crippen molar-refractivity contribution in [3.8, 4) is 0 Å². The van der Waals surface area contributed by atoms with E-state index in [1.165, 1.54) is 12.1 Å². The van der Waals surface area contributed by atoms with E-state index in [0.29, 0.717) is 16.9 Å². The molecule has 1 aliphatic rings. The number of benzene rings is 1. The number of hydrogen-bond donors (Lipinski definition) is 1. The molecule has 1 aromatic carbocycles. The Labute approximate surface area is 144 Å². The average molecular weight is 416 g/mol. The van der Waals surface area contributed by atoms with Crippen molar-refractivity contribution < 1.29 is 8.42 Å². The molecule has 1 fully saturated rings. The van der Waals surface area contributed by atoms with Crippen LogP contribution in [0.25, 0.3) is 0 Å². The lowest BCUT2D eigenvalue weighted by atomic mass is 10.1. The average Bonchev–Trinajstić information content (AvgIpc) is 2.82. The molecule has 4 nitrogen and oxygen atoms in total. The smallest absolute Gasteiger partial charge is 0.243 e. The summed E-state index contributed by atoms with van der Waals surface area (Å²) in [7, 11) is -3.70. The van der Waals surface area contributed by atoms with Crippen molar-refractivity contribution in [3.05, 3.63) is 26.7 Å². The van der Waals surface area contributed by atoms with Crippen molar-refractivity contribution in [1.29, 1.82) is 0 Å². The van der Waals surface area contributed by atoms with Crippen LogP contribution in [0, 0.1) is 5.92 Å². The third-order valence-electron chi connectivity index (χ3n) is 3.61. The van der Waals surface area contributed by atoms with Gasteiger partial charge in [-0.1, -0.05) is 46.1 Å². The highest BCUT2D eigenvalue weighted by Crippen LogP contribution is 2.32. The van der Waals surface area contributed by atoms with Gasteiger partial charge in [-0.05, 0) is 37.6 Å². The molecule has 0 spiro atoms. The van der Waals surface area contributed by atoms with Crippen LogP contribution in [-0.4, -0.2) is 39.5 Å². The van der Waals surface area contributed by atoms with Crippen LogP contribution in [0.1, 0.15) is 13.3 Å². The molecular weight excluding hydrogens is 399 g/mol. The van der Waals surface area contributed by atoms with Gasteiger partial charge in [0.15, 0.2) is 0 Å². The van der Waals surface area contributed by atoms with Gasteiger partial charge in [-0.3, -0.25) is 0 Å². The molecule has 0 radical (unpaired) electrons. The number of nitrogens with zero attached hydrogens (tertiary/aromatic N) is 1. The van der Waals surface area contributed by atoms with Crippen LogP contribution in [0.2, 0.25) is 10.0 Å². The first-order valence-electron chi connectivity index (χ1n) is 6.70. The van der Waals surface area contributed by atoms with Crippen molar-refractivity contribution in [3.63, 3.8) is 0 Å². The van der Waals surface area contributed by atoms with Gasteiger partial charge in [-0.2, -0.15) is 0 Å². The summed E-state index contributed by atoms with van der Waals surface area (Å²) in [5.41, 5.74) is 0. The summed E-state index contributed by atoms with van der Waals surface area (Å²) in [4.78, 5) is 2.25. The largest absolute Gasteiger partial charge is 0.303 e. The zero-order valence-electron chi connectivity index (χ0n) is 11.6. The van der Waals surface area contributed by atoms with Crippen molar-refractivity contribution in [2.24, 2.45) is 5.92 Å². The third kappa shape index (κ3) is 4.33. The molecule has 0 saturated carbocycles. The molecule has 0 amide bonds. The predicted molar refractivity (Wildman–Crippen MR) is 89.6 cm³/mol. The van der Waals surface area contributed by atoms with E-state index in [2.05, 4.69) is 32.5 Å². The minimum atomic E-state index is -3.70. The molecule has 21 heavy (non-hydrogen) atoms. The molecule has 1 saturated heterocycles. The van der Waals surface area contributed by atoms with E-state index in [1.54, 1.807) is 0 Å². The van der Waals surface area contributed by atoms with Crippen LogP contribution in [-0.2, 0) is 10.0 Å². The zero-order chi connectivity index (χ0) is 15.6. The molecule has 1 unspecified atom stereocenters. The van der Waals surface area contributed by atoms with Crippen LogP contribution in [0.4, 0.5) is 0 Å². The fourth-order valence-electron chi connectivity index (χ4n) is 2.45. The SMILES string of the molecule is CCN1CCC(CNS(=O)(=O)c2c(Cl)cc(Br)cc2Cl)C1. The van der Waals surface area contributed by atoms with Gasteiger partial charge < -0.3 is 4.90 Å². The third-order valence-corrected chi connectivity index (χ3v) is 6.41. The summed E-state index contributed by atoms with van der Waals surface area (Å²) < 4.78 is 28.0. The van der Waals surface area contributed by atoms with E-state index in [9.17, 15) is 8.42 Å². The minimum Gasteiger partial charge on any atom is -0.303 e. The van der Waals surface area contributed by atoms with Crippen LogP contribution in [0.15, 0.2) is 21.5 Å². The van der Waals surface area contributed by atoms with E-state index in [4.69, 9.17) is 23.2 Å². The van der Waals surface area contributed by atoms with Crippen LogP contribution < -0.4 is 4.72 Å². The molecule has 118 valence electrons. The Morgan fingerprint density at radius 3 is 2.52 bits per heavy atom. The number of halogens is 3. The second kappa shape index (κ2) is 7.15. The monoisotopic (exact) mass is 414 g/mol. The highest BCUT2D eigenvalue weighted by Gasteiger charge is 2.26. The maximum absolute atomic E-state index is 12.4. The Bertz CT molecular complexity index is 602. The highest BCUT2D eigenvalue weighted by atomic mass is 79.9. The minimum absolute atomic E-state index is 0.0561. The lowest BCUT2D eigenvalue weighted by Gasteiger charge is -2.15.